The largest absolute Gasteiger partial charge is 0.743 e. The molecule has 0 spiro atoms. The van der Waals surface area contributed by atoms with E-state index in [1.807, 2.05) is 6.08 Å². The molecule has 0 N–H and O–H groups in total. The molecule has 11 heteroatoms. The molecule has 4 rings (SSSR count). The standard InChI is InChI=1S/C16H17F5O5S/c17-15(18,19)14(16(20,21)27(23,24)25)26-13(22)10-5-8-4-9(10)12-7-2-1-6(3-7)11(8)12/h1-2,6-12,14H,3-5H2,(H,23,24,25)/p-1. The summed E-state index contributed by atoms with van der Waals surface area (Å²) in [6.07, 6.45) is -4.26. The van der Waals surface area contributed by atoms with Crippen molar-refractivity contribution in [3.05, 3.63) is 12.2 Å². The fourth-order valence-electron chi connectivity index (χ4n) is 5.95. The van der Waals surface area contributed by atoms with Gasteiger partial charge in [-0.1, -0.05) is 12.2 Å². The number of carbonyl (C=O) groups excluding carboxylic acids is 1. The number of halogens is 5. The third-order valence-corrected chi connectivity index (χ3v) is 7.62. The van der Waals surface area contributed by atoms with E-state index in [1.165, 1.54) is 0 Å². The van der Waals surface area contributed by atoms with E-state index >= 15 is 0 Å². The summed E-state index contributed by atoms with van der Waals surface area (Å²) in [5, 5.41) is -5.80. The van der Waals surface area contributed by atoms with Crippen molar-refractivity contribution in [3.63, 3.8) is 0 Å². The number of fused-ring (bicyclic) bond motifs is 9. The summed E-state index contributed by atoms with van der Waals surface area (Å²) in [4.78, 5) is 12.3. The van der Waals surface area contributed by atoms with Gasteiger partial charge in [0.25, 0.3) is 6.10 Å². The molecule has 27 heavy (non-hydrogen) atoms. The third-order valence-electron chi connectivity index (χ3n) is 6.74. The van der Waals surface area contributed by atoms with Crippen molar-refractivity contribution in [2.24, 2.45) is 41.4 Å². The lowest BCUT2D eigenvalue weighted by molar-refractivity contribution is -0.261. The van der Waals surface area contributed by atoms with Crippen LogP contribution in [0.2, 0.25) is 0 Å². The van der Waals surface area contributed by atoms with E-state index in [0.29, 0.717) is 18.3 Å². The summed E-state index contributed by atoms with van der Waals surface area (Å²) < 4.78 is 102. The molecule has 0 heterocycles. The Labute approximate surface area is 151 Å². The SMILES string of the molecule is O=C(OC(C(F)(F)F)C(F)(F)S(=O)(=O)[O-])C1CC2CC1C1C3C=CC(C3)C21. The number of hydrogen-bond donors (Lipinski definition) is 0. The van der Waals surface area contributed by atoms with Crippen LogP contribution >= 0.6 is 0 Å². The van der Waals surface area contributed by atoms with Crippen LogP contribution < -0.4 is 0 Å². The maximum atomic E-state index is 13.6. The molecule has 0 aliphatic heterocycles. The Kier molecular flexibility index (Phi) is 4.00. The number of allylic oxidation sites excluding steroid dienone is 2. The maximum absolute atomic E-state index is 13.6. The number of ether oxygens (including phenoxy) is 1. The van der Waals surface area contributed by atoms with Gasteiger partial charge < -0.3 is 9.29 Å². The van der Waals surface area contributed by atoms with Gasteiger partial charge in [-0.2, -0.15) is 22.0 Å². The molecule has 8 unspecified atom stereocenters. The predicted octanol–water partition coefficient (Wildman–Crippen LogP) is 2.69. The van der Waals surface area contributed by atoms with E-state index < -0.39 is 39.5 Å². The number of carbonyl (C=O) groups is 1. The van der Waals surface area contributed by atoms with Gasteiger partial charge in [0.05, 0.1) is 5.92 Å². The van der Waals surface area contributed by atoms with Gasteiger partial charge in [-0.05, 0) is 54.8 Å². The highest BCUT2D eigenvalue weighted by Crippen LogP contribution is 2.67. The average molecular weight is 415 g/mol. The van der Waals surface area contributed by atoms with Gasteiger partial charge in [-0.25, -0.2) is 8.42 Å². The molecule has 0 aromatic heterocycles. The molecule has 0 aromatic carbocycles. The molecule has 3 saturated carbocycles. The number of alkyl halides is 5. The molecule has 152 valence electrons. The second-order valence-corrected chi connectivity index (χ2v) is 9.43. The Hall–Kier alpha value is -1.23. The first-order valence-corrected chi connectivity index (χ1v) is 10.0. The number of rotatable bonds is 4. The Morgan fingerprint density at radius 1 is 1.04 bits per heavy atom. The van der Waals surface area contributed by atoms with E-state index in [-0.39, 0.29) is 30.1 Å². The van der Waals surface area contributed by atoms with Crippen molar-refractivity contribution in [1.29, 1.82) is 0 Å². The molecule has 0 aromatic rings. The first-order chi connectivity index (χ1) is 12.3. The summed E-state index contributed by atoms with van der Waals surface area (Å²) in [6, 6.07) is 0. The first kappa shape index (κ1) is 19.1. The first-order valence-electron chi connectivity index (χ1n) is 8.61. The van der Waals surface area contributed by atoms with E-state index in [2.05, 4.69) is 10.8 Å². The Morgan fingerprint density at radius 3 is 2.19 bits per heavy atom. The van der Waals surface area contributed by atoms with Gasteiger partial charge in [0.15, 0.2) is 10.1 Å². The smallest absolute Gasteiger partial charge is 0.432 e. The summed E-state index contributed by atoms with van der Waals surface area (Å²) in [7, 11) is -6.68. The fraction of sp³-hybridized carbons (Fsp3) is 0.812. The van der Waals surface area contributed by atoms with Gasteiger partial charge in [0, 0.05) is 0 Å². The molecule has 0 amide bonds. The fourth-order valence-corrected chi connectivity index (χ4v) is 6.39. The topological polar surface area (TPSA) is 83.5 Å². The van der Waals surface area contributed by atoms with Crippen molar-refractivity contribution in [3.8, 4) is 0 Å². The summed E-state index contributed by atoms with van der Waals surface area (Å²) in [5.74, 6) is -1.54. The van der Waals surface area contributed by atoms with Crippen LogP contribution in [-0.2, 0) is 19.6 Å². The van der Waals surface area contributed by atoms with Crippen molar-refractivity contribution in [1.82, 2.24) is 0 Å². The molecule has 4 bridgehead atoms. The molecule has 0 saturated heterocycles. The van der Waals surface area contributed by atoms with E-state index in [4.69, 9.17) is 0 Å². The molecule has 0 radical (unpaired) electrons. The zero-order chi connectivity index (χ0) is 19.9. The Morgan fingerprint density at radius 2 is 1.63 bits per heavy atom. The Balaban J connectivity index is 1.54. The highest BCUT2D eigenvalue weighted by Gasteiger charge is 2.66. The van der Waals surface area contributed by atoms with E-state index in [1.54, 1.807) is 0 Å². The zero-order valence-electron chi connectivity index (χ0n) is 13.7. The maximum Gasteiger partial charge on any atom is 0.432 e. The number of esters is 1. The summed E-state index contributed by atoms with van der Waals surface area (Å²) >= 11 is 0. The Bertz CT molecular complexity index is 792. The minimum atomic E-state index is -6.68. The molecular formula is C16H16F5O5S-. The van der Waals surface area contributed by atoms with Crippen LogP contribution in [0.4, 0.5) is 22.0 Å². The van der Waals surface area contributed by atoms with E-state index in [9.17, 15) is 39.7 Å². The molecule has 4 aliphatic rings. The van der Waals surface area contributed by atoms with Crippen LogP contribution in [0.25, 0.3) is 0 Å². The minimum absolute atomic E-state index is 0.115. The van der Waals surface area contributed by atoms with Crippen LogP contribution in [-0.4, -0.2) is 36.5 Å². The van der Waals surface area contributed by atoms with Crippen molar-refractivity contribution in [2.45, 2.75) is 36.8 Å². The quantitative estimate of drug-likeness (QED) is 0.232. The van der Waals surface area contributed by atoms with Crippen LogP contribution in [0.1, 0.15) is 19.3 Å². The lowest BCUT2D eigenvalue weighted by atomic mass is 9.69. The normalized spacial score (nSPS) is 41.0. The molecule has 8 atom stereocenters. The monoisotopic (exact) mass is 415 g/mol. The van der Waals surface area contributed by atoms with E-state index in [0.717, 1.165) is 6.42 Å². The van der Waals surface area contributed by atoms with Gasteiger partial charge in [0.2, 0.25) is 0 Å². The van der Waals surface area contributed by atoms with Crippen LogP contribution in [0.15, 0.2) is 12.2 Å². The highest BCUT2D eigenvalue weighted by molar-refractivity contribution is 7.86. The lowest BCUT2D eigenvalue weighted by Crippen LogP contribution is -2.53. The second kappa shape index (κ2) is 5.65. The average Bonchev–Trinajstić information content (AvgIpc) is 3.26. The highest BCUT2D eigenvalue weighted by atomic mass is 32.2. The summed E-state index contributed by atoms with van der Waals surface area (Å²) in [6.45, 7) is 0. The van der Waals surface area contributed by atoms with Gasteiger partial charge in [0.1, 0.15) is 0 Å². The van der Waals surface area contributed by atoms with Crippen molar-refractivity contribution in [2.75, 3.05) is 0 Å². The van der Waals surface area contributed by atoms with Crippen molar-refractivity contribution >= 4 is 16.1 Å². The van der Waals surface area contributed by atoms with Crippen LogP contribution in [0.3, 0.4) is 0 Å². The van der Waals surface area contributed by atoms with Gasteiger partial charge >= 0.3 is 17.4 Å². The number of hydrogen-bond acceptors (Lipinski definition) is 5. The second-order valence-electron chi connectivity index (χ2n) is 7.98. The third kappa shape index (κ3) is 2.72. The molecular weight excluding hydrogens is 399 g/mol. The molecule has 5 nitrogen and oxygen atoms in total. The van der Waals surface area contributed by atoms with Gasteiger partial charge in [-0.15, -0.1) is 0 Å². The molecule has 3 fully saturated rings. The predicted molar refractivity (Wildman–Crippen MR) is 78.0 cm³/mol. The van der Waals surface area contributed by atoms with Crippen LogP contribution in [0, 0.1) is 41.4 Å². The van der Waals surface area contributed by atoms with Crippen molar-refractivity contribution < 1.29 is 44.5 Å². The van der Waals surface area contributed by atoms with Crippen LogP contribution in [0.5, 0.6) is 0 Å². The van der Waals surface area contributed by atoms with Gasteiger partial charge in [-0.3, -0.25) is 4.79 Å². The molecule has 4 aliphatic carbocycles. The lowest BCUT2D eigenvalue weighted by Gasteiger charge is -2.37. The summed E-state index contributed by atoms with van der Waals surface area (Å²) in [5.41, 5.74) is 0. The minimum Gasteiger partial charge on any atom is -0.743 e. The zero-order valence-corrected chi connectivity index (χ0v) is 14.6.